The first-order chi connectivity index (χ1) is 29.7. The fourth-order valence-corrected chi connectivity index (χ4v) is 8.54. The van der Waals surface area contributed by atoms with E-state index in [2.05, 4.69) is 231 Å². The van der Waals surface area contributed by atoms with Gasteiger partial charge in [-0.15, -0.1) is 0 Å². The third kappa shape index (κ3) is 6.70. The van der Waals surface area contributed by atoms with Crippen molar-refractivity contribution in [2.24, 2.45) is 9.98 Å². The first-order valence-electron chi connectivity index (χ1n) is 20.5. The topological polar surface area (TPSA) is 24.7 Å². The summed E-state index contributed by atoms with van der Waals surface area (Å²) in [6.07, 6.45) is 0. The molecule has 0 fully saturated rings. The van der Waals surface area contributed by atoms with Gasteiger partial charge in [0, 0.05) is 22.3 Å². The molecule has 0 spiro atoms. The van der Waals surface area contributed by atoms with Crippen LogP contribution in [-0.4, -0.2) is 11.4 Å². The van der Waals surface area contributed by atoms with Crippen LogP contribution in [0.15, 0.2) is 241 Å². The third-order valence-electron chi connectivity index (χ3n) is 11.5. The summed E-state index contributed by atoms with van der Waals surface area (Å²) in [7, 11) is 0. The van der Waals surface area contributed by atoms with Crippen molar-refractivity contribution >= 4 is 44.3 Å². The molecule has 60 heavy (non-hydrogen) atoms. The fraction of sp³-hybridized carbons (Fsp3) is 0. The molecule has 0 aliphatic carbocycles. The normalized spacial score (nSPS) is 13.9. The van der Waals surface area contributed by atoms with E-state index >= 15 is 0 Å². The zero-order chi connectivity index (χ0) is 39.8. The van der Waals surface area contributed by atoms with Crippen LogP contribution >= 0.6 is 0 Å². The van der Waals surface area contributed by atoms with E-state index < -0.39 is 0 Å². The standard InChI is InChI=1S/C58H38N2/c1-5-17-39(18-6-1)47-29-48(40-19-7-2-8-20-40)32-51(31-47)57-53-35-43-25-13-15-27-45(43)37-55(53)60-58(54-36-44-26-14-16-28-46(44)38-56(54)59-57)52-33-49(41-21-9-3-10-22-41)30-50(34-52)42-23-11-4-12-24-42/h1-38H/b57-53?,58-54?,59-56?,59-57-,60-55?,60-58-. The van der Waals surface area contributed by atoms with E-state index in [0.29, 0.717) is 0 Å². The molecule has 0 unspecified atom stereocenters. The average Bonchev–Trinajstić information content (AvgIpc) is 3.32. The predicted octanol–water partition coefficient (Wildman–Crippen LogP) is 15.3. The summed E-state index contributed by atoms with van der Waals surface area (Å²) in [4.78, 5) is 11.6. The monoisotopic (exact) mass is 762 g/mol. The van der Waals surface area contributed by atoms with E-state index in [9.17, 15) is 0 Å². The Bertz CT molecular complexity index is 2940. The highest BCUT2D eigenvalue weighted by Crippen LogP contribution is 2.40. The largest absolute Gasteiger partial charge is 0.247 e. The molecule has 0 atom stereocenters. The van der Waals surface area contributed by atoms with Crippen molar-refractivity contribution in [3.63, 3.8) is 0 Å². The molecule has 0 aromatic heterocycles. The molecular formula is C58H38N2. The molecule has 1 aliphatic heterocycles. The molecule has 280 valence electrons. The molecule has 11 rings (SSSR count). The lowest BCUT2D eigenvalue weighted by Gasteiger charge is -2.21. The Kier molecular flexibility index (Phi) is 8.87. The van der Waals surface area contributed by atoms with Crippen molar-refractivity contribution in [1.82, 2.24) is 0 Å². The van der Waals surface area contributed by atoms with Crippen molar-refractivity contribution in [1.29, 1.82) is 0 Å². The van der Waals surface area contributed by atoms with Gasteiger partial charge in [0.05, 0.1) is 22.8 Å². The third-order valence-corrected chi connectivity index (χ3v) is 11.5. The first kappa shape index (κ1) is 35.2. The number of nitrogens with zero attached hydrogens (tertiary/aromatic N) is 2. The van der Waals surface area contributed by atoms with Crippen molar-refractivity contribution in [3.8, 4) is 44.5 Å². The molecule has 1 aliphatic rings. The van der Waals surface area contributed by atoms with E-state index in [1.54, 1.807) is 0 Å². The van der Waals surface area contributed by atoms with Crippen molar-refractivity contribution < 1.29 is 0 Å². The van der Waals surface area contributed by atoms with Gasteiger partial charge in [0.15, 0.2) is 0 Å². The molecule has 10 aromatic carbocycles. The van der Waals surface area contributed by atoms with Crippen LogP contribution < -0.4 is 0 Å². The van der Waals surface area contributed by atoms with Gasteiger partial charge < -0.3 is 0 Å². The number of benzene rings is 10. The van der Waals surface area contributed by atoms with Gasteiger partial charge in [-0.25, -0.2) is 9.98 Å². The quantitative estimate of drug-likeness (QED) is 0.161. The van der Waals surface area contributed by atoms with E-state index in [1.807, 2.05) is 0 Å². The van der Waals surface area contributed by atoms with Crippen LogP contribution in [0.1, 0.15) is 22.3 Å². The molecular weight excluding hydrogens is 725 g/mol. The number of hydrogen-bond donors (Lipinski definition) is 0. The van der Waals surface area contributed by atoms with Crippen molar-refractivity contribution in [3.05, 3.63) is 253 Å². The Morgan fingerprint density at radius 3 is 0.750 bits per heavy atom. The summed E-state index contributed by atoms with van der Waals surface area (Å²) in [5, 5.41) is 4.54. The summed E-state index contributed by atoms with van der Waals surface area (Å²) in [6.45, 7) is 0. The van der Waals surface area contributed by atoms with Gasteiger partial charge in [-0.05, 0) is 127 Å². The summed E-state index contributed by atoms with van der Waals surface area (Å²) < 4.78 is 0. The number of aliphatic imine (C=N–C) groups is 2. The summed E-state index contributed by atoms with van der Waals surface area (Å²) in [5.74, 6) is 0. The maximum Gasteiger partial charge on any atom is 0.0804 e. The van der Waals surface area contributed by atoms with E-state index in [1.165, 1.54) is 0 Å². The molecule has 1 heterocycles. The van der Waals surface area contributed by atoms with E-state index in [4.69, 9.17) is 9.98 Å². The minimum Gasteiger partial charge on any atom is -0.247 e. The first-order valence-corrected chi connectivity index (χ1v) is 20.5. The predicted molar refractivity (Wildman–Crippen MR) is 253 cm³/mol. The molecule has 0 saturated heterocycles. The highest BCUT2D eigenvalue weighted by molar-refractivity contribution is 6.25. The van der Waals surface area contributed by atoms with E-state index in [-0.39, 0.29) is 0 Å². The minimum absolute atomic E-state index is 0.874. The Morgan fingerprint density at radius 1 is 0.200 bits per heavy atom. The van der Waals surface area contributed by atoms with Crippen LogP contribution in [0.2, 0.25) is 0 Å². The fourth-order valence-electron chi connectivity index (χ4n) is 8.54. The Hall–Kier alpha value is -7.94. The van der Waals surface area contributed by atoms with Crippen LogP contribution in [0.5, 0.6) is 0 Å². The lowest BCUT2D eigenvalue weighted by molar-refractivity contribution is 1.41. The Morgan fingerprint density at radius 2 is 0.450 bits per heavy atom. The van der Waals surface area contributed by atoms with Gasteiger partial charge in [-0.3, -0.25) is 0 Å². The Labute approximate surface area is 350 Å². The van der Waals surface area contributed by atoms with Crippen LogP contribution in [0.25, 0.3) is 66.1 Å². The van der Waals surface area contributed by atoms with Crippen molar-refractivity contribution in [2.45, 2.75) is 0 Å². The van der Waals surface area contributed by atoms with Gasteiger partial charge in [-0.1, -0.05) is 170 Å². The van der Waals surface area contributed by atoms with Gasteiger partial charge in [0.2, 0.25) is 0 Å². The molecule has 2 nitrogen and oxygen atoms in total. The van der Waals surface area contributed by atoms with Gasteiger partial charge >= 0.3 is 0 Å². The van der Waals surface area contributed by atoms with Gasteiger partial charge in [0.1, 0.15) is 0 Å². The second-order valence-corrected chi connectivity index (χ2v) is 15.4. The SMILES string of the molecule is c1ccc(-c2cc(/C3=N/c4cc5ccccc5cc4/C(c4cc(-c5ccccc5)cc(-c5ccccc5)c4)=N\c4cc5ccccc5cc43)cc(-c3ccccc3)c2)cc1. The lowest BCUT2D eigenvalue weighted by atomic mass is 9.89. The van der Waals surface area contributed by atoms with Crippen LogP contribution in [0.3, 0.4) is 0 Å². The number of rotatable bonds is 6. The molecule has 2 heteroatoms. The molecule has 0 amide bonds. The number of fused-ring (bicyclic) bond motifs is 4. The lowest BCUT2D eigenvalue weighted by Crippen LogP contribution is -2.11. The smallest absolute Gasteiger partial charge is 0.0804 e. The van der Waals surface area contributed by atoms with Crippen LogP contribution in [0.4, 0.5) is 11.4 Å². The molecule has 0 saturated carbocycles. The van der Waals surface area contributed by atoms with Gasteiger partial charge in [-0.2, -0.15) is 0 Å². The summed E-state index contributed by atoms with van der Waals surface area (Å²) in [5.41, 5.74) is 16.7. The van der Waals surface area contributed by atoms with Crippen LogP contribution in [-0.2, 0) is 0 Å². The molecule has 0 N–H and O–H groups in total. The molecule has 0 bridgehead atoms. The number of hydrogen-bond acceptors (Lipinski definition) is 2. The minimum atomic E-state index is 0.874. The highest BCUT2D eigenvalue weighted by Gasteiger charge is 2.24. The second kappa shape index (κ2) is 15.1. The van der Waals surface area contributed by atoms with Gasteiger partial charge in [0.25, 0.3) is 0 Å². The van der Waals surface area contributed by atoms with Crippen LogP contribution in [0, 0.1) is 0 Å². The maximum absolute atomic E-state index is 5.81. The summed E-state index contributed by atoms with van der Waals surface area (Å²) in [6, 6.07) is 82.5. The Balaban J connectivity index is 1.23. The molecule has 0 radical (unpaired) electrons. The molecule has 10 aromatic rings. The second-order valence-electron chi connectivity index (χ2n) is 15.4. The van der Waals surface area contributed by atoms with E-state index in [0.717, 1.165) is 111 Å². The zero-order valence-electron chi connectivity index (χ0n) is 32.8. The highest BCUT2D eigenvalue weighted by atomic mass is 14.8. The van der Waals surface area contributed by atoms with Crippen molar-refractivity contribution in [2.75, 3.05) is 0 Å². The maximum atomic E-state index is 5.81. The average molecular weight is 763 g/mol. The summed E-state index contributed by atoms with van der Waals surface area (Å²) >= 11 is 0. The zero-order valence-corrected chi connectivity index (χ0v) is 32.8.